The smallest absolute Gasteiger partial charge is 0.272 e. The van der Waals surface area contributed by atoms with Gasteiger partial charge in [-0.1, -0.05) is 29.8 Å². The predicted molar refractivity (Wildman–Crippen MR) is 86.5 cm³/mol. The summed E-state index contributed by atoms with van der Waals surface area (Å²) in [6, 6.07) is 9.14. The van der Waals surface area contributed by atoms with Gasteiger partial charge in [0.1, 0.15) is 4.70 Å². The molecule has 3 aromatic rings. The second-order valence-electron chi connectivity index (χ2n) is 4.47. The summed E-state index contributed by atoms with van der Waals surface area (Å²) in [4.78, 5) is 15.7. The van der Waals surface area contributed by atoms with Crippen molar-refractivity contribution >= 4 is 45.4 Å². The molecule has 0 fully saturated rings. The molecule has 20 heavy (non-hydrogen) atoms. The lowest BCUT2D eigenvalue weighted by atomic mass is 10.1. The Morgan fingerprint density at radius 3 is 2.85 bits per heavy atom. The third-order valence-electron chi connectivity index (χ3n) is 3.28. The Morgan fingerprint density at radius 2 is 2.10 bits per heavy atom. The lowest BCUT2D eigenvalue weighted by molar-refractivity contribution is 0.600. The highest BCUT2D eigenvalue weighted by Crippen LogP contribution is 2.25. The van der Waals surface area contributed by atoms with E-state index in [0.29, 0.717) is 14.5 Å². The van der Waals surface area contributed by atoms with Gasteiger partial charge in [0.25, 0.3) is 5.56 Å². The van der Waals surface area contributed by atoms with Crippen LogP contribution in [0.15, 0.2) is 40.5 Å². The third kappa shape index (κ3) is 2.12. The zero-order valence-corrected chi connectivity index (χ0v) is 13.0. The Morgan fingerprint density at radius 1 is 1.35 bits per heavy atom. The van der Waals surface area contributed by atoms with E-state index in [-0.39, 0.29) is 11.6 Å². The van der Waals surface area contributed by atoms with Crippen LogP contribution in [-0.4, -0.2) is 9.55 Å². The Kier molecular flexibility index (Phi) is 3.50. The Hall–Kier alpha value is -1.43. The first-order chi connectivity index (χ1) is 9.59. The molecule has 2 heterocycles. The number of aromatic nitrogens is 2. The van der Waals surface area contributed by atoms with Crippen LogP contribution in [0, 0.1) is 4.77 Å². The molecule has 0 saturated carbocycles. The van der Waals surface area contributed by atoms with Crippen LogP contribution in [0.5, 0.6) is 0 Å². The molecule has 0 aliphatic heterocycles. The van der Waals surface area contributed by atoms with E-state index < -0.39 is 0 Å². The first kappa shape index (κ1) is 13.5. The van der Waals surface area contributed by atoms with Gasteiger partial charge in [-0.25, -0.2) is 0 Å². The van der Waals surface area contributed by atoms with Gasteiger partial charge < -0.3 is 4.98 Å². The molecule has 0 aliphatic carbocycles. The van der Waals surface area contributed by atoms with E-state index in [2.05, 4.69) is 4.98 Å². The number of thiophene rings is 1. The van der Waals surface area contributed by atoms with Crippen molar-refractivity contribution in [2.24, 2.45) is 0 Å². The molecular weight excluding hydrogens is 312 g/mol. The van der Waals surface area contributed by atoms with Crippen molar-refractivity contribution in [1.29, 1.82) is 0 Å². The van der Waals surface area contributed by atoms with Gasteiger partial charge in [0, 0.05) is 5.02 Å². The molecule has 1 atom stereocenters. The number of hydrogen-bond donors (Lipinski definition) is 1. The van der Waals surface area contributed by atoms with Crippen LogP contribution < -0.4 is 5.56 Å². The molecular formula is C14H11ClN2OS2. The summed E-state index contributed by atoms with van der Waals surface area (Å²) in [6.45, 7) is 1.92. The fourth-order valence-electron chi connectivity index (χ4n) is 2.26. The molecule has 0 amide bonds. The number of aromatic amines is 1. The number of rotatable bonds is 2. The average Bonchev–Trinajstić information content (AvgIpc) is 2.87. The first-order valence-electron chi connectivity index (χ1n) is 6.06. The fraction of sp³-hybridized carbons (Fsp3) is 0.143. The molecule has 0 radical (unpaired) electrons. The van der Waals surface area contributed by atoms with Gasteiger partial charge in [-0.3, -0.25) is 9.36 Å². The maximum absolute atomic E-state index is 12.6. The van der Waals surface area contributed by atoms with Crippen molar-refractivity contribution in [3.8, 4) is 0 Å². The van der Waals surface area contributed by atoms with Crippen LogP contribution in [0.4, 0.5) is 0 Å². The Balaban J connectivity index is 2.27. The number of fused-ring (bicyclic) bond motifs is 1. The van der Waals surface area contributed by atoms with Crippen LogP contribution in [0.2, 0.25) is 5.02 Å². The van der Waals surface area contributed by atoms with E-state index in [4.69, 9.17) is 23.8 Å². The third-order valence-corrected chi connectivity index (χ3v) is 4.83. The predicted octanol–water partition coefficient (Wildman–Crippen LogP) is 4.38. The Labute approximate surface area is 129 Å². The average molecular weight is 323 g/mol. The summed E-state index contributed by atoms with van der Waals surface area (Å²) in [7, 11) is 0. The van der Waals surface area contributed by atoms with Gasteiger partial charge in [0.05, 0.1) is 11.6 Å². The van der Waals surface area contributed by atoms with Gasteiger partial charge in [0.15, 0.2) is 4.77 Å². The highest BCUT2D eigenvalue weighted by molar-refractivity contribution is 7.71. The zero-order valence-electron chi connectivity index (χ0n) is 10.6. The number of halogens is 1. The number of nitrogens with one attached hydrogen (secondary N) is 1. The summed E-state index contributed by atoms with van der Waals surface area (Å²) < 4.78 is 2.67. The molecule has 6 heteroatoms. The van der Waals surface area contributed by atoms with Crippen LogP contribution in [-0.2, 0) is 0 Å². The summed E-state index contributed by atoms with van der Waals surface area (Å²) >= 11 is 12.9. The SMILES string of the molecule is CC(c1ccccc1Cl)n1c(=S)[nH]c2ccsc2c1=O. The van der Waals surface area contributed by atoms with Crippen molar-refractivity contribution in [2.75, 3.05) is 0 Å². The zero-order chi connectivity index (χ0) is 14.3. The molecule has 3 nitrogen and oxygen atoms in total. The second-order valence-corrected chi connectivity index (χ2v) is 6.18. The maximum Gasteiger partial charge on any atom is 0.272 e. The molecule has 0 spiro atoms. The highest BCUT2D eigenvalue weighted by Gasteiger charge is 2.16. The largest absolute Gasteiger partial charge is 0.331 e. The summed E-state index contributed by atoms with van der Waals surface area (Å²) in [5.74, 6) is 0. The van der Waals surface area contributed by atoms with Crippen molar-refractivity contribution in [2.45, 2.75) is 13.0 Å². The molecule has 0 aliphatic rings. The van der Waals surface area contributed by atoms with Crippen LogP contribution >= 0.6 is 35.2 Å². The Bertz CT molecular complexity index is 894. The van der Waals surface area contributed by atoms with E-state index in [0.717, 1.165) is 11.1 Å². The van der Waals surface area contributed by atoms with E-state index in [1.54, 1.807) is 4.57 Å². The lowest BCUT2D eigenvalue weighted by Crippen LogP contribution is -2.25. The second kappa shape index (κ2) is 5.16. The summed E-state index contributed by atoms with van der Waals surface area (Å²) in [6.07, 6.45) is 0. The van der Waals surface area contributed by atoms with Gasteiger partial charge in [-0.2, -0.15) is 0 Å². The number of hydrogen-bond acceptors (Lipinski definition) is 3. The van der Waals surface area contributed by atoms with E-state index >= 15 is 0 Å². The maximum atomic E-state index is 12.6. The van der Waals surface area contributed by atoms with Crippen molar-refractivity contribution in [1.82, 2.24) is 9.55 Å². The quantitative estimate of drug-likeness (QED) is 0.711. The van der Waals surface area contributed by atoms with Gasteiger partial charge in [-0.15, -0.1) is 11.3 Å². The standard InChI is InChI=1S/C14H11ClN2OS2/c1-8(9-4-2-3-5-10(9)15)17-13(18)12-11(6-7-20-12)16-14(17)19/h2-8H,1H3,(H,16,19). The van der Waals surface area contributed by atoms with Crippen molar-refractivity contribution in [3.63, 3.8) is 0 Å². The minimum absolute atomic E-state index is 0.0776. The monoisotopic (exact) mass is 322 g/mol. The molecule has 102 valence electrons. The molecule has 0 bridgehead atoms. The van der Waals surface area contributed by atoms with Crippen LogP contribution in [0.3, 0.4) is 0 Å². The van der Waals surface area contributed by atoms with Crippen LogP contribution in [0.1, 0.15) is 18.5 Å². The molecule has 3 rings (SSSR count). The van der Waals surface area contributed by atoms with Crippen molar-refractivity contribution < 1.29 is 0 Å². The molecule has 1 unspecified atom stereocenters. The van der Waals surface area contributed by atoms with E-state index in [9.17, 15) is 4.79 Å². The topological polar surface area (TPSA) is 37.8 Å². The fourth-order valence-corrected chi connectivity index (χ4v) is 3.69. The molecule has 0 saturated heterocycles. The highest BCUT2D eigenvalue weighted by atomic mass is 35.5. The first-order valence-corrected chi connectivity index (χ1v) is 7.72. The van der Waals surface area contributed by atoms with Gasteiger partial charge in [-0.05, 0) is 42.2 Å². The normalized spacial score (nSPS) is 12.7. The van der Waals surface area contributed by atoms with E-state index in [1.165, 1.54) is 11.3 Å². The molecule has 1 aromatic carbocycles. The van der Waals surface area contributed by atoms with Gasteiger partial charge in [0.2, 0.25) is 0 Å². The minimum atomic E-state index is -0.216. The molecule has 1 N–H and O–H groups in total. The minimum Gasteiger partial charge on any atom is -0.331 e. The summed E-state index contributed by atoms with van der Waals surface area (Å²) in [5, 5.41) is 2.51. The van der Waals surface area contributed by atoms with E-state index in [1.807, 2.05) is 42.6 Å². The lowest BCUT2D eigenvalue weighted by Gasteiger charge is -2.17. The number of nitrogens with zero attached hydrogens (tertiary/aromatic N) is 1. The molecule has 2 aromatic heterocycles. The summed E-state index contributed by atoms with van der Waals surface area (Å²) in [5.41, 5.74) is 1.59. The number of H-pyrrole nitrogens is 1. The van der Waals surface area contributed by atoms with Crippen molar-refractivity contribution in [3.05, 3.63) is 61.4 Å². The number of benzene rings is 1. The van der Waals surface area contributed by atoms with Gasteiger partial charge >= 0.3 is 0 Å². The van der Waals surface area contributed by atoms with Crippen LogP contribution in [0.25, 0.3) is 10.2 Å².